The average Bonchev–Trinajstić information content (AvgIpc) is 3.38. The summed E-state index contributed by atoms with van der Waals surface area (Å²) in [5.41, 5.74) is 4.76. The summed E-state index contributed by atoms with van der Waals surface area (Å²) in [6.07, 6.45) is 6.38. The molecule has 6 rings (SSSR count). The normalized spacial score (nSPS) is 12.0. The topological polar surface area (TPSA) is 102 Å². The van der Waals surface area contributed by atoms with Gasteiger partial charge in [0, 0.05) is 54.9 Å². The third kappa shape index (κ3) is 5.12. The van der Waals surface area contributed by atoms with Gasteiger partial charge in [-0.1, -0.05) is 42.5 Å². The highest BCUT2D eigenvalue weighted by atomic mass is 16.2. The highest BCUT2D eigenvalue weighted by molar-refractivity contribution is 6.06. The zero-order chi connectivity index (χ0) is 28.3. The van der Waals surface area contributed by atoms with Crippen LogP contribution in [0.2, 0.25) is 0 Å². The molecule has 204 valence electrons. The molecule has 0 saturated heterocycles. The molecular formula is C33H30N6O2. The lowest BCUT2D eigenvalue weighted by atomic mass is 10.0. The fourth-order valence-corrected chi connectivity index (χ4v) is 5.33. The maximum Gasteiger partial charge on any atom is 0.253 e. The minimum absolute atomic E-state index is 0.0276. The Morgan fingerprint density at radius 2 is 1.78 bits per heavy atom. The molecule has 2 N–H and O–H groups in total. The molecule has 3 aromatic carbocycles. The lowest BCUT2D eigenvalue weighted by molar-refractivity contribution is -0.120. The van der Waals surface area contributed by atoms with E-state index >= 15 is 0 Å². The van der Waals surface area contributed by atoms with Crippen LogP contribution >= 0.6 is 0 Å². The van der Waals surface area contributed by atoms with Crippen molar-refractivity contribution in [2.24, 2.45) is 0 Å². The van der Waals surface area contributed by atoms with Gasteiger partial charge in [0.1, 0.15) is 5.82 Å². The molecule has 8 heteroatoms. The van der Waals surface area contributed by atoms with Gasteiger partial charge >= 0.3 is 0 Å². The van der Waals surface area contributed by atoms with Crippen LogP contribution in [0.25, 0.3) is 44.1 Å². The molecule has 41 heavy (non-hydrogen) atoms. The van der Waals surface area contributed by atoms with Crippen molar-refractivity contribution < 1.29 is 9.59 Å². The number of fused-ring (bicyclic) bond motifs is 3. The van der Waals surface area contributed by atoms with E-state index in [1.54, 1.807) is 13.2 Å². The van der Waals surface area contributed by atoms with Crippen LogP contribution in [0.4, 0.5) is 0 Å². The SMILES string of the molecule is CNC(=O)CCCn1c(-c2cncc3ccccc23)nc2cccc(C(=O)N[C@@H](C)c3ccc4ncccc4c3)c21. The molecule has 0 unspecified atom stereocenters. The molecule has 6 aromatic rings. The summed E-state index contributed by atoms with van der Waals surface area (Å²) in [6, 6.07) is 23.4. The number of nitrogens with one attached hydrogen (secondary N) is 2. The predicted octanol–water partition coefficient (Wildman–Crippen LogP) is 5.82. The fraction of sp³-hybridized carbons (Fsp3) is 0.182. The van der Waals surface area contributed by atoms with Crippen LogP contribution in [0.1, 0.15) is 41.7 Å². The van der Waals surface area contributed by atoms with Crippen molar-refractivity contribution in [2.75, 3.05) is 7.05 Å². The largest absolute Gasteiger partial charge is 0.359 e. The van der Waals surface area contributed by atoms with E-state index in [9.17, 15) is 9.59 Å². The van der Waals surface area contributed by atoms with Gasteiger partial charge in [-0.25, -0.2) is 4.98 Å². The molecule has 0 bridgehead atoms. The van der Waals surface area contributed by atoms with Gasteiger partial charge in [-0.2, -0.15) is 0 Å². The number of aromatic nitrogens is 4. The lowest BCUT2D eigenvalue weighted by Crippen LogP contribution is -2.27. The number of aryl methyl sites for hydroxylation is 1. The van der Waals surface area contributed by atoms with Crippen LogP contribution in [-0.2, 0) is 11.3 Å². The summed E-state index contributed by atoms with van der Waals surface area (Å²) in [4.78, 5) is 39.7. The van der Waals surface area contributed by atoms with Crippen molar-refractivity contribution in [2.45, 2.75) is 32.4 Å². The first kappa shape index (κ1) is 26.1. The number of imidazole rings is 1. The van der Waals surface area contributed by atoms with Crippen molar-refractivity contribution in [3.63, 3.8) is 0 Å². The zero-order valence-corrected chi connectivity index (χ0v) is 23.0. The Labute approximate surface area is 237 Å². The van der Waals surface area contributed by atoms with Crippen molar-refractivity contribution in [1.82, 2.24) is 30.2 Å². The van der Waals surface area contributed by atoms with E-state index in [1.165, 1.54) is 0 Å². The van der Waals surface area contributed by atoms with Crippen molar-refractivity contribution in [1.29, 1.82) is 0 Å². The van der Waals surface area contributed by atoms with E-state index in [1.807, 2.05) is 80.0 Å². The minimum Gasteiger partial charge on any atom is -0.359 e. The molecule has 2 amide bonds. The Morgan fingerprint density at radius 1 is 0.927 bits per heavy atom. The number of nitrogens with zero attached hydrogens (tertiary/aromatic N) is 4. The Kier molecular flexibility index (Phi) is 7.12. The summed E-state index contributed by atoms with van der Waals surface area (Å²) in [5.74, 6) is 0.501. The number of carbonyl (C=O) groups excluding carboxylic acids is 2. The summed E-state index contributed by atoms with van der Waals surface area (Å²) in [6.45, 7) is 2.49. The first-order valence-corrected chi connectivity index (χ1v) is 13.7. The second-order valence-electron chi connectivity index (χ2n) is 10.1. The van der Waals surface area contributed by atoms with Crippen LogP contribution in [0.5, 0.6) is 0 Å². The van der Waals surface area contributed by atoms with Crippen LogP contribution in [0.3, 0.4) is 0 Å². The van der Waals surface area contributed by atoms with Gasteiger partial charge in [0.25, 0.3) is 5.91 Å². The predicted molar refractivity (Wildman–Crippen MR) is 161 cm³/mol. The summed E-state index contributed by atoms with van der Waals surface area (Å²) >= 11 is 0. The van der Waals surface area contributed by atoms with Gasteiger partial charge < -0.3 is 15.2 Å². The smallest absolute Gasteiger partial charge is 0.253 e. The number of pyridine rings is 2. The molecule has 0 saturated carbocycles. The maximum absolute atomic E-state index is 13.8. The lowest BCUT2D eigenvalue weighted by Gasteiger charge is -2.17. The minimum atomic E-state index is -0.228. The molecule has 0 aliphatic carbocycles. The zero-order valence-electron chi connectivity index (χ0n) is 23.0. The van der Waals surface area contributed by atoms with Crippen LogP contribution in [0.15, 0.2) is 91.4 Å². The number of para-hydroxylation sites is 1. The maximum atomic E-state index is 13.8. The number of amides is 2. The van der Waals surface area contributed by atoms with Crippen molar-refractivity contribution in [3.8, 4) is 11.4 Å². The highest BCUT2D eigenvalue weighted by Crippen LogP contribution is 2.32. The van der Waals surface area contributed by atoms with E-state index < -0.39 is 0 Å². The van der Waals surface area contributed by atoms with Crippen LogP contribution < -0.4 is 10.6 Å². The average molecular weight is 543 g/mol. The number of benzene rings is 3. The summed E-state index contributed by atoms with van der Waals surface area (Å²) < 4.78 is 2.06. The highest BCUT2D eigenvalue weighted by Gasteiger charge is 2.22. The van der Waals surface area contributed by atoms with Gasteiger partial charge in [-0.15, -0.1) is 0 Å². The summed E-state index contributed by atoms with van der Waals surface area (Å²) in [7, 11) is 1.64. The molecule has 3 heterocycles. The van der Waals surface area contributed by atoms with Crippen molar-refractivity contribution in [3.05, 3.63) is 103 Å². The third-order valence-corrected chi connectivity index (χ3v) is 7.46. The van der Waals surface area contributed by atoms with Gasteiger partial charge in [-0.3, -0.25) is 19.6 Å². The number of hydrogen-bond acceptors (Lipinski definition) is 5. The Morgan fingerprint density at radius 3 is 2.66 bits per heavy atom. The second-order valence-corrected chi connectivity index (χ2v) is 10.1. The Balaban J connectivity index is 1.41. The van der Waals surface area contributed by atoms with Crippen molar-refractivity contribution >= 4 is 44.5 Å². The Bertz CT molecular complexity index is 1910. The van der Waals surface area contributed by atoms with E-state index in [2.05, 4.69) is 37.3 Å². The van der Waals surface area contributed by atoms with E-state index in [4.69, 9.17) is 4.98 Å². The van der Waals surface area contributed by atoms with Gasteiger partial charge in [0.2, 0.25) is 5.91 Å². The quantitative estimate of drug-likeness (QED) is 0.253. The molecule has 0 aliphatic rings. The van der Waals surface area contributed by atoms with Crippen LogP contribution in [0, 0.1) is 0 Å². The monoisotopic (exact) mass is 542 g/mol. The van der Waals surface area contributed by atoms with E-state index in [0.717, 1.165) is 44.1 Å². The molecular weight excluding hydrogens is 512 g/mol. The molecule has 0 spiro atoms. The first-order chi connectivity index (χ1) is 20.0. The number of carbonyl (C=O) groups is 2. The third-order valence-electron chi connectivity index (χ3n) is 7.46. The second kappa shape index (κ2) is 11.2. The van der Waals surface area contributed by atoms with Gasteiger partial charge in [-0.05, 0) is 54.6 Å². The van der Waals surface area contributed by atoms with Crippen LogP contribution in [-0.4, -0.2) is 38.4 Å². The molecule has 0 radical (unpaired) electrons. The van der Waals surface area contributed by atoms with Gasteiger partial charge in [0.15, 0.2) is 0 Å². The van der Waals surface area contributed by atoms with E-state index in [0.29, 0.717) is 30.5 Å². The van der Waals surface area contributed by atoms with Gasteiger partial charge in [0.05, 0.1) is 28.2 Å². The Hall–Kier alpha value is -5.11. The molecule has 1 atom stereocenters. The summed E-state index contributed by atoms with van der Waals surface area (Å²) in [5, 5.41) is 8.92. The number of hydrogen-bond donors (Lipinski definition) is 2. The fourth-order valence-electron chi connectivity index (χ4n) is 5.33. The standard InChI is InChI=1S/C33H30N6O2/c1-21(22-14-15-28-23(18-22)9-6-16-36-28)37-33(41)26-11-5-12-29-31(26)39(17-7-13-30(40)34-2)32(38-29)27-20-35-19-24-8-3-4-10-25(24)27/h3-6,8-12,14-16,18-21H,7,13,17H2,1-2H3,(H,34,40)(H,37,41)/t21-/m0/s1. The van der Waals surface area contributed by atoms with E-state index in [-0.39, 0.29) is 17.9 Å². The number of rotatable bonds is 8. The molecule has 3 aromatic heterocycles. The molecule has 0 aliphatic heterocycles. The first-order valence-electron chi connectivity index (χ1n) is 13.7. The molecule has 0 fully saturated rings. The molecule has 8 nitrogen and oxygen atoms in total.